The van der Waals surface area contributed by atoms with Gasteiger partial charge in [-0.3, -0.25) is 4.79 Å². The highest BCUT2D eigenvalue weighted by molar-refractivity contribution is 6.02. The van der Waals surface area contributed by atoms with E-state index >= 15 is 0 Å². The van der Waals surface area contributed by atoms with E-state index in [1.54, 1.807) is 19.3 Å². The maximum atomic E-state index is 12.8. The first-order chi connectivity index (χ1) is 15.0. The molecule has 0 saturated carbocycles. The van der Waals surface area contributed by atoms with Crippen molar-refractivity contribution >= 4 is 11.8 Å². The Hall–Kier alpha value is -3.87. The lowest BCUT2D eigenvalue weighted by Gasteiger charge is -2.08. The molecule has 0 spiro atoms. The van der Waals surface area contributed by atoms with Gasteiger partial charge < -0.3 is 18.2 Å². The molecule has 0 saturated heterocycles. The minimum Gasteiger partial charge on any atom is -0.467 e. The van der Waals surface area contributed by atoms with Gasteiger partial charge in [0.1, 0.15) is 22.8 Å². The van der Waals surface area contributed by atoms with Gasteiger partial charge in [0.25, 0.3) is 0 Å². The summed E-state index contributed by atoms with van der Waals surface area (Å²) in [6.45, 7) is 5.58. The van der Waals surface area contributed by atoms with E-state index in [4.69, 9.17) is 13.7 Å². The van der Waals surface area contributed by atoms with Gasteiger partial charge in [-0.15, -0.1) is 0 Å². The van der Waals surface area contributed by atoms with Gasteiger partial charge >= 0.3 is 5.97 Å². The highest BCUT2D eigenvalue weighted by Gasteiger charge is 2.24. The molecule has 0 N–H and O–H groups in total. The van der Waals surface area contributed by atoms with Crippen molar-refractivity contribution in [2.75, 3.05) is 6.61 Å². The standard InChI is InChI=1S/C24H22N2O5/c1-15-12-20(16(2)26(15)13-19-10-7-11-29-19)21(27)14-30-24(28)22-17(3)31-25-23(22)18-8-5-4-6-9-18/h4-12H,13-14H2,1-3H3. The van der Waals surface area contributed by atoms with E-state index in [9.17, 15) is 9.59 Å². The molecule has 0 radical (unpaired) electrons. The van der Waals surface area contributed by atoms with Crippen LogP contribution in [-0.2, 0) is 11.3 Å². The van der Waals surface area contributed by atoms with Crippen LogP contribution < -0.4 is 0 Å². The van der Waals surface area contributed by atoms with Crippen LogP contribution in [0.2, 0.25) is 0 Å². The highest BCUT2D eigenvalue weighted by Crippen LogP contribution is 2.26. The van der Waals surface area contributed by atoms with Gasteiger partial charge in [-0.05, 0) is 39.0 Å². The zero-order valence-electron chi connectivity index (χ0n) is 17.5. The summed E-state index contributed by atoms with van der Waals surface area (Å²) in [6.07, 6.45) is 1.62. The Balaban J connectivity index is 1.49. The van der Waals surface area contributed by atoms with Crippen molar-refractivity contribution in [1.29, 1.82) is 0 Å². The monoisotopic (exact) mass is 418 g/mol. The second kappa shape index (κ2) is 8.47. The van der Waals surface area contributed by atoms with E-state index in [1.807, 2.05) is 60.9 Å². The summed E-state index contributed by atoms with van der Waals surface area (Å²) in [5.41, 5.74) is 3.58. The first-order valence-electron chi connectivity index (χ1n) is 9.87. The lowest BCUT2D eigenvalue weighted by atomic mass is 10.1. The van der Waals surface area contributed by atoms with Crippen molar-refractivity contribution in [1.82, 2.24) is 9.72 Å². The van der Waals surface area contributed by atoms with Crippen LogP contribution in [0.5, 0.6) is 0 Å². The first-order valence-corrected chi connectivity index (χ1v) is 9.87. The molecule has 0 aliphatic rings. The molecule has 7 nitrogen and oxygen atoms in total. The van der Waals surface area contributed by atoms with Gasteiger partial charge in [0.2, 0.25) is 5.78 Å². The third-order valence-electron chi connectivity index (χ3n) is 5.22. The predicted octanol–water partition coefficient (Wildman–Crippen LogP) is 4.75. The summed E-state index contributed by atoms with van der Waals surface area (Å²) < 4.78 is 17.9. The average Bonchev–Trinajstić information content (AvgIpc) is 3.49. The number of Topliss-reactive ketones (excluding diaryl/α,β-unsaturated/α-hetero) is 1. The zero-order valence-corrected chi connectivity index (χ0v) is 17.5. The van der Waals surface area contributed by atoms with Gasteiger partial charge in [-0.1, -0.05) is 35.5 Å². The van der Waals surface area contributed by atoms with Gasteiger partial charge in [-0.25, -0.2) is 4.79 Å². The number of hydrogen-bond donors (Lipinski definition) is 0. The van der Waals surface area contributed by atoms with Crippen LogP contribution in [-0.4, -0.2) is 28.1 Å². The maximum Gasteiger partial charge on any atom is 0.344 e. The second-order valence-electron chi connectivity index (χ2n) is 7.28. The number of carbonyl (C=O) groups is 2. The molecule has 1 aromatic carbocycles. The molecule has 0 aliphatic carbocycles. The quantitative estimate of drug-likeness (QED) is 0.318. The summed E-state index contributed by atoms with van der Waals surface area (Å²) in [6, 6.07) is 14.7. The number of nitrogens with zero attached hydrogens (tertiary/aromatic N) is 2. The highest BCUT2D eigenvalue weighted by atomic mass is 16.5. The number of rotatable bonds is 7. The average molecular weight is 418 g/mol. The fraction of sp³-hybridized carbons (Fsp3) is 0.208. The molecule has 0 atom stereocenters. The number of benzene rings is 1. The van der Waals surface area contributed by atoms with E-state index < -0.39 is 5.97 Å². The van der Waals surface area contributed by atoms with Crippen molar-refractivity contribution in [3.8, 4) is 11.3 Å². The fourth-order valence-corrected chi connectivity index (χ4v) is 3.57. The predicted molar refractivity (Wildman–Crippen MR) is 113 cm³/mol. The van der Waals surface area contributed by atoms with Crippen molar-refractivity contribution in [2.45, 2.75) is 27.3 Å². The van der Waals surface area contributed by atoms with Crippen LogP contribution in [0.3, 0.4) is 0 Å². The van der Waals surface area contributed by atoms with Crippen LogP contribution >= 0.6 is 0 Å². The zero-order chi connectivity index (χ0) is 22.0. The van der Waals surface area contributed by atoms with Crippen LogP contribution in [0, 0.1) is 20.8 Å². The molecule has 0 unspecified atom stereocenters. The lowest BCUT2D eigenvalue weighted by molar-refractivity contribution is 0.0473. The Labute approximate surface area is 179 Å². The van der Waals surface area contributed by atoms with E-state index in [0.29, 0.717) is 23.6 Å². The van der Waals surface area contributed by atoms with E-state index in [1.165, 1.54) is 0 Å². The molecule has 0 aliphatic heterocycles. The molecular formula is C24H22N2O5. The Bertz CT molecular complexity index is 1220. The van der Waals surface area contributed by atoms with Gasteiger partial charge in [0.15, 0.2) is 6.61 Å². The number of hydrogen-bond acceptors (Lipinski definition) is 6. The number of aryl methyl sites for hydroxylation is 2. The topological polar surface area (TPSA) is 87.5 Å². The number of aromatic nitrogens is 2. The largest absolute Gasteiger partial charge is 0.467 e. The van der Waals surface area contributed by atoms with Crippen molar-refractivity contribution in [2.24, 2.45) is 0 Å². The first kappa shape index (κ1) is 20.4. The summed E-state index contributed by atoms with van der Waals surface area (Å²) >= 11 is 0. The summed E-state index contributed by atoms with van der Waals surface area (Å²) in [5, 5.41) is 3.98. The molecule has 4 rings (SSSR count). The maximum absolute atomic E-state index is 12.8. The van der Waals surface area contributed by atoms with Crippen LogP contribution in [0.25, 0.3) is 11.3 Å². The van der Waals surface area contributed by atoms with Crippen molar-refractivity contribution in [3.05, 3.63) is 88.8 Å². The molecule has 3 heterocycles. The molecule has 31 heavy (non-hydrogen) atoms. The Morgan fingerprint density at radius 3 is 2.55 bits per heavy atom. The van der Waals surface area contributed by atoms with Crippen LogP contribution in [0.15, 0.2) is 63.7 Å². The minimum absolute atomic E-state index is 0.224. The van der Waals surface area contributed by atoms with Crippen molar-refractivity contribution in [3.63, 3.8) is 0 Å². The van der Waals surface area contributed by atoms with Crippen LogP contribution in [0.4, 0.5) is 0 Å². The van der Waals surface area contributed by atoms with Crippen molar-refractivity contribution < 1.29 is 23.3 Å². The Morgan fingerprint density at radius 2 is 1.84 bits per heavy atom. The van der Waals surface area contributed by atoms with E-state index in [2.05, 4.69) is 5.16 Å². The number of ether oxygens (including phenoxy) is 1. The molecule has 0 bridgehead atoms. The fourth-order valence-electron chi connectivity index (χ4n) is 3.57. The molecule has 0 fully saturated rings. The van der Waals surface area contributed by atoms with Gasteiger partial charge in [-0.2, -0.15) is 0 Å². The third kappa shape index (κ3) is 4.07. The summed E-state index contributed by atoms with van der Waals surface area (Å²) in [4.78, 5) is 25.5. The number of ketones is 1. The molecule has 7 heteroatoms. The number of carbonyl (C=O) groups excluding carboxylic acids is 2. The second-order valence-corrected chi connectivity index (χ2v) is 7.28. The lowest BCUT2D eigenvalue weighted by Crippen LogP contribution is -2.16. The molecule has 158 valence electrons. The molecular weight excluding hydrogens is 396 g/mol. The SMILES string of the molecule is Cc1onc(-c2ccccc2)c1C(=O)OCC(=O)c1cc(C)n(Cc2ccco2)c1C. The van der Waals surface area contributed by atoms with E-state index in [0.717, 1.165) is 22.7 Å². The van der Waals surface area contributed by atoms with E-state index in [-0.39, 0.29) is 18.0 Å². The summed E-state index contributed by atoms with van der Waals surface area (Å²) in [5.74, 6) is 0.217. The number of furan rings is 1. The van der Waals surface area contributed by atoms with Gasteiger partial charge in [0.05, 0.1) is 12.8 Å². The molecule has 0 amide bonds. The Morgan fingerprint density at radius 1 is 1.06 bits per heavy atom. The summed E-state index contributed by atoms with van der Waals surface area (Å²) in [7, 11) is 0. The number of esters is 1. The normalized spacial score (nSPS) is 10.9. The minimum atomic E-state index is -0.643. The van der Waals surface area contributed by atoms with Crippen LogP contribution in [0.1, 0.15) is 43.6 Å². The third-order valence-corrected chi connectivity index (χ3v) is 5.22. The van der Waals surface area contributed by atoms with Gasteiger partial charge in [0, 0.05) is 22.5 Å². The Kier molecular flexibility index (Phi) is 5.58. The smallest absolute Gasteiger partial charge is 0.344 e. The molecule has 4 aromatic rings. The molecule has 3 aromatic heterocycles.